The summed E-state index contributed by atoms with van der Waals surface area (Å²) in [6.07, 6.45) is 2.55. The lowest BCUT2D eigenvalue weighted by Gasteiger charge is -2.12. The first-order valence-electron chi connectivity index (χ1n) is 9.66. The lowest BCUT2D eigenvalue weighted by Crippen LogP contribution is -2.22. The van der Waals surface area contributed by atoms with E-state index in [1.54, 1.807) is 28.3 Å². The van der Waals surface area contributed by atoms with Crippen LogP contribution in [-0.4, -0.2) is 24.1 Å². The Morgan fingerprint density at radius 2 is 1.83 bits per heavy atom. The predicted octanol–water partition coefficient (Wildman–Crippen LogP) is 4.31. The van der Waals surface area contributed by atoms with Crippen molar-refractivity contribution in [2.75, 3.05) is 0 Å². The summed E-state index contributed by atoms with van der Waals surface area (Å²) in [6.45, 7) is 2.38. The highest BCUT2D eigenvalue weighted by Crippen LogP contribution is 2.28. The Morgan fingerprint density at radius 1 is 1.00 bits per heavy atom. The molecule has 6 nitrogen and oxygen atoms in total. The maximum Gasteiger partial charge on any atom is 0.262 e. The third-order valence-electron chi connectivity index (χ3n) is 5.09. The summed E-state index contributed by atoms with van der Waals surface area (Å²) in [4.78, 5) is 22.5. The van der Waals surface area contributed by atoms with Gasteiger partial charge in [0, 0.05) is 23.3 Å². The second kappa shape index (κ2) is 7.39. The van der Waals surface area contributed by atoms with Gasteiger partial charge in [0.2, 0.25) is 0 Å². The van der Waals surface area contributed by atoms with E-state index < -0.39 is 0 Å². The fourth-order valence-corrected chi connectivity index (χ4v) is 3.88. The van der Waals surface area contributed by atoms with Crippen LogP contribution in [0.15, 0.2) is 71.7 Å². The maximum atomic E-state index is 13.5. The van der Waals surface area contributed by atoms with E-state index in [9.17, 15) is 4.79 Å². The molecular formula is C23H18ClN5O. The van der Waals surface area contributed by atoms with E-state index in [2.05, 4.69) is 27.2 Å². The van der Waals surface area contributed by atoms with Crippen LogP contribution in [0.25, 0.3) is 27.9 Å². The number of aromatic nitrogens is 5. The van der Waals surface area contributed by atoms with Crippen molar-refractivity contribution in [3.63, 3.8) is 0 Å². The molecule has 5 aromatic rings. The Bertz CT molecular complexity index is 1440. The minimum absolute atomic E-state index is 0.110. The van der Waals surface area contributed by atoms with E-state index in [-0.39, 0.29) is 5.56 Å². The molecular weight excluding hydrogens is 398 g/mol. The molecule has 3 heterocycles. The summed E-state index contributed by atoms with van der Waals surface area (Å²) in [5, 5.41) is 5.58. The quantitative estimate of drug-likeness (QED) is 0.438. The summed E-state index contributed by atoms with van der Waals surface area (Å²) in [5.41, 5.74) is 3.10. The zero-order valence-electron chi connectivity index (χ0n) is 16.3. The number of hydrogen-bond donors (Lipinski definition) is 0. The van der Waals surface area contributed by atoms with Crippen LogP contribution in [0.1, 0.15) is 11.4 Å². The van der Waals surface area contributed by atoms with Crippen molar-refractivity contribution < 1.29 is 0 Å². The van der Waals surface area contributed by atoms with Crippen molar-refractivity contribution in [2.24, 2.45) is 0 Å². The topological polar surface area (TPSA) is 65.1 Å². The van der Waals surface area contributed by atoms with Gasteiger partial charge in [0.05, 0.1) is 16.6 Å². The molecule has 0 spiro atoms. The van der Waals surface area contributed by atoms with Gasteiger partial charge in [-0.25, -0.2) is 4.98 Å². The molecule has 7 heteroatoms. The fraction of sp³-hybridized carbons (Fsp3) is 0.130. The standard InChI is InChI=1S/C23H18ClN5O/c1-15-25-23-26-19-11-13-28(12-10-16-6-3-2-4-7-16)22(30)20(19)21(29(23)27-15)17-8-5-9-18(24)14-17/h2-9,11,13-14H,10,12H2,1H3. The van der Waals surface area contributed by atoms with Crippen molar-refractivity contribution in [1.82, 2.24) is 24.1 Å². The summed E-state index contributed by atoms with van der Waals surface area (Å²) >= 11 is 6.25. The molecule has 0 amide bonds. The molecule has 0 saturated heterocycles. The third kappa shape index (κ3) is 3.25. The van der Waals surface area contributed by atoms with Crippen molar-refractivity contribution in [1.29, 1.82) is 0 Å². The van der Waals surface area contributed by atoms with Crippen LogP contribution in [0.4, 0.5) is 0 Å². The average molecular weight is 416 g/mol. The van der Waals surface area contributed by atoms with Crippen molar-refractivity contribution in [3.8, 4) is 11.3 Å². The van der Waals surface area contributed by atoms with Crippen LogP contribution in [0.5, 0.6) is 0 Å². The first kappa shape index (κ1) is 18.5. The smallest absolute Gasteiger partial charge is 0.262 e. The molecule has 0 bridgehead atoms. The Labute approximate surface area is 177 Å². The van der Waals surface area contributed by atoms with Gasteiger partial charge in [0.1, 0.15) is 5.82 Å². The molecule has 2 aromatic carbocycles. The molecule has 3 aromatic heterocycles. The SMILES string of the molecule is Cc1nc2nc3ccn(CCc4ccccc4)c(=O)c3c(-c3cccc(Cl)c3)n2n1. The van der Waals surface area contributed by atoms with Crippen LogP contribution in [0.3, 0.4) is 0 Å². The van der Waals surface area contributed by atoms with Crippen molar-refractivity contribution in [3.05, 3.63) is 93.6 Å². The predicted molar refractivity (Wildman–Crippen MR) is 118 cm³/mol. The number of halogens is 1. The third-order valence-corrected chi connectivity index (χ3v) is 5.33. The van der Waals surface area contributed by atoms with E-state index >= 15 is 0 Å². The highest BCUT2D eigenvalue weighted by Gasteiger charge is 2.18. The molecule has 0 unspecified atom stereocenters. The summed E-state index contributed by atoms with van der Waals surface area (Å²) in [6, 6.07) is 19.4. The molecule has 0 aliphatic rings. The van der Waals surface area contributed by atoms with Crippen LogP contribution < -0.4 is 5.56 Å². The van der Waals surface area contributed by atoms with Gasteiger partial charge in [0.25, 0.3) is 11.3 Å². The molecule has 0 fully saturated rings. The highest BCUT2D eigenvalue weighted by atomic mass is 35.5. The van der Waals surface area contributed by atoms with Gasteiger partial charge >= 0.3 is 0 Å². The second-order valence-electron chi connectivity index (χ2n) is 7.15. The zero-order valence-corrected chi connectivity index (χ0v) is 17.0. The number of pyridine rings is 1. The molecule has 5 rings (SSSR count). The highest BCUT2D eigenvalue weighted by molar-refractivity contribution is 6.30. The van der Waals surface area contributed by atoms with Crippen LogP contribution >= 0.6 is 11.6 Å². The van der Waals surface area contributed by atoms with Gasteiger partial charge in [0.15, 0.2) is 0 Å². The Morgan fingerprint density at radius 3 is 2.63 bits per heavy atom. The number of nitrogens with zero attached hydrogens (tertiary/aromatic N) is 5. The summed E-state index contributed by atoms with van der Waals surface area (Å²) in [7, 11) is 0. The molecule has 0 saturated carbocycles. The molecule has 0 radical (unpaired) electrons. The Kier molecular flexibility index (Phi) is 4.56. The first-order valence-corrected chi connectivity index (χ1v) is 10.0. The van der Waals surface area contributed by atoms with E-state index in [1.165, 1.54) is 5.56 Å². The van der Waals surface area contributed by atoms with Crippen LogP contribution in [0.2, 0.25) is 5.02 Å². The maximum absolute atomic E-state index is 13.5. The lowest BCUT2D eigenvalue weighted by molar-refractivity contribution is 0.674. The molecule has 0 aliphatic heterocycles. The van der Waals surface area contributed by atoms with Crippen LogP contribution in [-0.2, 0) is 13.0 Å². The fourth-order valence-electron chi connectivity index (χ4n) is 3.69. The number of benzene rings is 2. The average Bonchev–Trinajstić information content (AvgIpc) is 3.12. The second-order valence-corrected chi connectivity index (χ2v) is 7.59. The van der Waals surface area contributed by atoms with Gasteiger partial charge in [-0.3, -0.25) is 4.79 Å². The summed E-state index contributed by atoms with van der Waals surface area (Å²) < 4.78 is 3.35. The Balaban J connectivity index is 1.74. The minimum Gasteiger partial charge on any atom is -0.314 e. The Hall–Kier alpha value is -3.51. The monoisotopic (exact) mass is 415 g/mol. The lowest BCUT2D eigenvalue weighted by atomic mass is 10.1. The van der Waals surface area contributed by atoms with Gasteiger partial charge in [-0.2, -0.15) is 9.50 Å². The zero-order chi connectivity index (χ0) is 20.7. The largest absolute Gasteiger partial charge is 0.314 e. The van der Waals surface area contributed by atoms with Gasteiger partial charge in [-0.15, -0.1) is 5.10 Å². The molecule has 0 atom stereocenters. The van der Waals surface area contributed by atoms with Gasteiger partial charge < -0.3 is 4.57 Å². The van der Waals surface area contributed by atoms with Crippen molar-refractivity contribution >= 4 is 28.3 Å². The van der Waals surface area contributed by atoms with Gasteiger partial charge in [-0.05, 0) is 37.1 Å². The molecule has 0 N–H and O–H groups in total. The van der Waals surface area contributed by atoms with E-state index in [0.717, 1.165) is 12.0 Å². The summed E-state index contributed by atoms with van der Waals surface area (Å²) in [5.74, 6) is 1.04. The molecule has 30 heavy (non-hydrogen) atoms. The number of fused-ring (bicyclic) bond motifs is 2. The normalized spacial score (nSPS) is 11.4. The number of hydrogen-bond acceptors (Lipinski definition) is 4. The van der Waals surface area contributed by atoms with Gasteiger partial charge in [-0.1, -0.05) is 54.1 Å². The van der Waals surface area contributed by atoms with Crippen LogP contribution in [0, 0.1) is 6.92 Å². The molecule has 148 valence electrons. The minimum atomic E-state index is -0.110. The molecule has 0 aliphatic carbocycles. The van der Waals surface area contributed by atoms with E-state index in [0.29, 0.717) is 39.8 Å². The van der Waals surface area contributed by atoms with Crippen molar-refractivity contribution in [2.45, 2.75) is 19.9 Å². The number of aryl methyl sites for hydroxylation is 3. The van der Waals surface area contributed by atoms with E-state index in [1.807, 2.05) is 42.5 Å². The first-order chi connectivity index (χ1) is 14.6. The number of rotatable bonds is 4. The van der Waals surface area contributed by atoms with E-state index in [4.69, 9.17) is 11.6 Å².